The molecule has 0 saturated heterocycles. The molecular formula is C19H22AlClF3N5O3. The minimum absolute atomic E-state index is 0.0167. The number of hydrogen-bond donors (Lipinski definition) is 2. The van der Waals surface area contributed by atoms with E-state index in [2.05, 4.69) is 15.2 Å². The molecule has 0 bridgehead atoms. The fraction of sp³-hybridized carbons (Fsp3) is 0.474. The lowest BCUT2D eigenvalue weighted by Gasteiger charge is -2.16. The van der Waals surface area contributed by atoms with Gasteiger partial charge in [0.05, 0.1) is 11.6 Å². The fourth-order valence-corrected chi connectivity index (χ4v) is 4.32. The number of alkyl halides is 3. The van der Waals surface area contributed by atoms with Crippen molar-refractivity contribution in [1.82, 2.24) is 18.8 Å². The summed E-state index contributed by atoms with van der Waals surface area (Å²) in [6.07, 6.45) is -8.39. The molecule has 1 amide bonds. The number of benzene rings is 1. The second-order valence-corrected chi connectivity index (χ2v) is 8.90. The Bertz CT molecular complexity index is 997. The smallest absolute Gasteiger partial charge is 0.386 e. The maximum absolute atomic E-state index is 13.1. The van der Waals surface area contributed by atoms with Gasteiger partial charge in [-0.2, -0.15) is 23.4 Å². The molecule has 32 heavy (non-hydrogen) atoms. The summed E-state index contributed by atoms with van der Waals surface area (Å²) in [6.45, 7) is 1.53. The highest BCUT2D eigenvalue weighted by molar-refractivity contribution is 6.30. The minimum Gasteiger partial charge on any atom is -0.386 e. The highest BCUT2D eigenvalue weighted by Gasteiger charge is 2.40. The molecule has 1 unspecified atom stereocenters. The van der Waals surface area contributed by atoms with E-state index in [4.69, 9.17) is 11.6 Å². The lowest BCUT2D eigenvalue weighted by molar-refractivity contribution is -0.205. The fourth-order valence-electron chi connectivity index (χ4n) is 3.49. The molecule has 0 saturated carbocycles. The Labute approximate surface area is 195 Å². The van der Waals surface area contributed by atoms with Crippen LogP contribution in [0.5, 0.6) is 0 Å². The van der Waals surface area contributed by atoms with E-state index in [1.54, 1.807) is 34.9 Å². The molecule has 3 rings (SSSR count). The first-order chi connectivity index (χ1) is 15.0. The van der Waals surface area contributed by atoms with Crippen molar-refractivity contribution in [1.29, 1.82) is 0 Å². The zero-order chi connectivity index (χ0) is 23.6. The summed E-state index contributed by atoms with van der Waals surface area (Å²) >= 11 is 6.43. The van der Waals surface area contributed by atoms with E-state index in [9.17, 15) is 28.2 Å². The molecule has 1 aliphatic heterocycles. The molecule has 1 aromatic carbocycles. The molecule has 1 aromatic heterocycles. The standard InChI is InChI=1S/C19H20ClF3N5O3.Al.2H/c1-10(29)17-24-15(25-26-17)9-28-18(31)13(3-2-4-14(30)19(21,22)23)16(27-28)11-5-7-12(20)8-6-11;;;/h5-8,10,13-14,29-30H,2-4,9H2,1H3;;;/q-1;+1;;/t10-,13?,14+;;;/m1.../s1. The van der Waals surface area contributed by atoms with E-state index >= 15 is 0 Å². The lowest BCUT2D eigenvalue weighted by Crippen LogP contribution is -2.30. The summed E-state index contributed by atoms with van der Waals surface area (Å²) < 4.78 is 39.4. The van der Waals surface area contributed by atoms with Crippen LogP contribution in [0.25, 0.3) is 0 Å². The highest BCUT2D eigenvalue weighted by Crippen LogP contribution is 2.29. The van der Waals surface area contributed by atoms with E-state index in [0.717, 1.165) is 0 Å². The Kier molecular flexibility index (Phi) is 7.62. The normalized spacial score (nSPS) is 18.7. The number of nitrogens with zero attached hydrogens (tertiary/aromatic N) is 5. The number of carbonyl (C=O) groups is 1. The van der Waals surface area contributed by atoms with Crippen molar-refractivity contribution in [3.63, 3.8) is 0 Å². The van der Waals surface area contributed by atoms with Gasteiger partial charge in [-0.1, -0.05) is 23.7 Å². The van der Waals surface area contributed by atoms with Crippen molar-refractivity contribution < 1.29 is 28.2 Å². The molecule has 172 valence electrons. The number of aliphatic hydroxyl groups excluding tert-OH is 2. The van der Waals surface area contributed by atoms with Gasteiger partial charge in [-0.25, -0.2) is 9.99 Å². The molecule has 8 nitrogen and oxygen atoms in total. The average molecular weight is 488 g/mol. The molecule has 3 atom stereocenters. The number of carbonyl (C=O) groups excluding carboxylic acids is 1. The predicted molar refractivity (Wildman–Crippen MR) is 113 cm³/mol. The van der Waals surface area contributed by atoms with Crippen LogP contribution >= 0.6 is 11.6 Å². The number of hydrazone groups is 1. The first-order valence-corrected chi connectivity index (χ1v) is 11.2. The Morgan fingerprint density at radius 1 is 1.25 bits per heavy atom. The van der Waals surface area contributed by atoms with Gasteiger partial charge in [0.1, 0.15) is 24.6 Å². The number of halogens is 4. The van der Waals surface area contributed by atoms with Crippen molar-refractivity contribution in [2.45, 2.75) is 51.1 Å². The molecule has 13 heteroatoms. The number of rotatable bonds is 8. The van der Waals surface area contributed by atoms with Gasteiger partial charge in [0, 0.05) is 5.02 Å². The van der Waals surface area contributed by atoms with Gasteiger partial charge in [-0.3, -0.25) is 4.79 Å². The van der Waals surface area contributed by atoms with Crippen LogP contribution in [0.3, 0.4) is 0 Å². The first-order valence-electron chi connectivity index (χ1n) is 9.96. The Morgan fingerprint density at radius 2 is 1.91 bits per heavy atom. The van der Waals surface area contributed by atoms with Crippen molar-refractivity contribution >= 4 is 39.7 Å². The summed E-state index contributed by atoms with van der Waals surface area (Å²) in [6, 6.07) is 6.64. The maximum atomic E-state index is 13.1. The average Bonchev–Trinajstić information content (AvgIpc) is 3.22. The molecular weight excluding hydrogens is 466 g/mol. The third-order valence-corrected chi connectivity index (χ3v) is 6.01. The minimum atomic E-state index is -4.70. The first kappa shape index (κ1) is 24.7. The Hall–Kier alpha value is -1.97. The monoisotopic (exact) mass is 487 g/mol. The zero-order valence-electron chi connectivity index (χ0n) is 17.4. The third kappa shape index (κ3) is 5.68. The molecule has 0 spiro atoms. The number of amides is 1. The van der Waals surface area contributed by atoms with Gasteiger partial charge < -0.3 is 13.9 Å². The molecule has 0 fully saturated rings. The van der Waals surface area contributed by atoms with Crippen molar-refractivity contribution in [3.8, 4) is 0 Å². The second-order valence-electron chi connectivity index (χ2n) is 7.61. The summed E-state index contributed by atoms with van der Waals surface area (Å²) in [4.78, 5) is 17.3. The van der Waals surface area contributed by atoms with Crippen LogP contribution in [0.4, 0.5) is 13.2 Å². The van der Waals surface area contributed by atoms with Gasteiger partial charge >= 0.3 is 22.7 Å². The molecule has 0 radical (unpaired) electrons. The quantitative estimate of drug-likeness (QED) is 0.553. The van der Waals surface area contributed by atoms with E-state index in [1.807, 2.05) is 0 Å². The van der Waals surface area contributed by atoms with E-state index < -0.39 is 30.7 Å². The third-order valence-electron chi connectivity index (χ3n) is 5.10. The number of hydrogen-bond acceptors (Lipinski definition) is 6. The van der Waals surface area contributed by atoms with Gasteiger partial charge in [-0.05, 0) is 43.9 Å². The van der Waals surface area contributed by atoms with Gasteiger partial charge in [0.25, 0.3) is 5.91 Å². The van der Waals surface area contributed by atoms with E-state index in [-0.39, 0.29) is 25.3 Å². The number of aromatic nitrogens is 3. The van der Waals surface area contributed by atoms with Crippen LogP contribution in [-0.4, -0.2) is 69.4 Å². The zero-order valence-corrected chi connectivity index (χ0v) is 20.2. The van der Waals surface area contributed by atoms with E-state index in [1.165, 1.54) is 5.01 Å². The highest BCUT2D eigenvalue weighted by atomic mass is 35.5. The summed E-state index contributed by atoms with van der Waals surface area (Å²) in [5, 5.41) is 29.4. The van der Waals surface area contributed by atoms with Crippen molar-refractivity contribution in [2.24, 2.45) is 11.0 Å². The van der Waals surface area contributed by atoms with Crippen LogP contribution in [0.15, 0.2) is 29.4 Å². The topological polar surface area (TPSA) is 104 Å². The van der Waals surface area contributed by atoms with Crippen molar-refractivity contribution in [2.75, 3.05) is 0 Å². The van der Waals surface area contributed by atoms with Gasteiger partial charge in [0.15, 0.2) is 5.82 Å². The Morgan fingerprint density at radius 3 is 2.47 bits per heavy atom. The van der Waals surface area contributed by atoms with Crippen molar-refractivity contribution in [3.05, 3.63) is 46.5 Å². The van der Waals surface area contributed by atoms with Crippen LogP contribution in [0.2, 0.25) is 5.02 Å². The molecule has 1 aliphatic rings. The number of aliphatic hydroxyl groups is 2. The maximum Gasteiger partial charge on any atom is 0.414 e. The largest absolute Gasteiger partial charge is 0.414 e. The predicted octanol–water partition coefficient (Wildman–Crippen LogP) is 1.84. The lowest BCUT2D eigenvalue weighted by atomic mass is 9.91. The van der Waals surface area contributed by atoms with Crippen LogP contribution < -0.4 is 0 Å². The van der Waals surface area contributed by atoms with Gasteiger partial charge in [-0.15, -0.1) is 0 Å². The molecule has 0 aliphatic carbocycles. The van der Waals surface area contributed by atoms with Crippen LogP contribution in [-0.2, 0) is 11.3 Å². The SMILES string of the molecule is C[C@@H](O)c1nc(CN2N=C(c3ccc(Cl)cc3)C(CCC[C@H](O)C(F)(F)F)C2=O)n[n]1[AlH2]. The summed E-state index contributed by atoms with van der Waals surface area (Å²) in [7, 11) is 0. The van der Waals surface area contributed by atoms with Crippen LogP contribution in [0.1, 0.15) is 49.5 Å². The molecule has 2 heterocycles. The van der Waals surface area contributed by atoms with Gasteiger partial charge in [0.2, 0.25) is 0 Å². The van der Waals surface area contributed by atoms with Crippen LogP contribution in [0, 0.1) is 5.92 Å². The summed E-state index contributed by atoms with van der Waals surface area (Å²) in [5.41, 5.74) is 1.03. The summed E-state index contributed by atoms with van der Waals surface area (Å²) in [5.74, 6) is -0.472. The van der Waals surface area contributed by atoms with E-state index in [0.29, 0.717) is 44.5 Å². The molecule has 2 N–H and O–H groups in total. The second kappa shape index (κ2) is 9.89. The Balaban J connectivity index is 1.80. The molecule has 2 aromatic rings.